The Hall–Kier alpha value is -0.410. The van der Waals surface area contributed by atoms with Gasteiger partial charge in [0.05, 0.1) is 0 Å². The summed E-state index contributed by atoms with van der Waals surface area (Å²) in [6.07, 6.45) is 3.56. The van der Waals surface area contributed by atoms with Gasteiger partial charge in [-0.2, -0.15) is 0 Å². The second-order valence-electron chi connectivity index (χ2n) is 3.71. The van der Waals surface area contributed by atoms with Gasteiger partial charge in [0.15, 0.2) is 0 Å². The molecule has 0 amide bonds. The Morgan fingerprint density at radius 2 is 2.14 bits per heavy atom. The minimum atomic E-state index is -0.165. The molecule has 1 nitrogen and oxygen atoms in total. The molecule has 1 aromatic carbocycles. The molecule has 2 rings (SSSR count). The summed E-state index contributed by atoms with van der Waals surface area (Å²) in [5.41, 5.74) is 1.05. The van der Waals surface area contributed by atoms with E-state index in [0.29, 0.717) is 6.04 Å². The molecule has 76 valence electrons. The van der Waals surface area contributed by atoms with Crippen molar-refractivity contribution in [2.45, 2.75) is 25.3 Å². The fourth-order valence-corrected chi connectivity index (χ4v) is 2.40. The molecule has 1 heterocycles. The molecule has 1 fully saturated rings. The quantitative estimate of drug-likeness (QED) is 0.814. The Kier molecular flexibility index (Phi) is 3.19. The van der Waals surface area contributed by atoms with Crippen LogP contribution in [0.5, 0.6) is 0 Å². The van der Waals surface area contributed by atoms with Crippen LogP contribution in [-0.2, 0) is 0 Å². The molecule has 1 aliphatic heterocycles. The highest BCUT2D eigenvalue weighted by molar-refractivity contribution is 9.10. The number of nitrogens with one attached hydrogen (secondary N) is 1. The minimum Gasteiger partial charge on any atom is -0.310 e. The molecule has 1 N–H and O–H groups in total. The van der Waals surface area contributed by atoms with Gasteiger partial charge in [-0.25, -0.2) is 4.39 Å². The van der Waals surface area contributed by atoms with Gasteiger partial charge in [-0.3, -0.25) is 0 Å². The van der Waals surface area contributed by atoms with Gasteiger partial charge in [0.1, 0.15) is 5.82 Å². The first-order chi connectivity index (χ1) is 6.75. The van der Waals surface area contributed by atoms with Gasteiger partial charge in [0.2, 0.25) is 0 Å². The second-order valence-corrected chi connectivity index (χ2v) is 4.62. The highest BCUT2D eigenvalue weighted by Gasteiger charge is 2.15. The summed E-state index contributed by atoms with van der Waals surface area (Å²) in [4.78, 5) is 0. The van der Waals surface area contributed by atoms with E-state index in [1.165, 1.54) is 18.9 Å². The number of hydrogen-bond acceptors (Lipinski definition) is 1. The van der Waals surface area contributed by atoms with Crippen LogP contribution >= 0.6 is 15.9 Å². The maximum absolute atomic E-state index is 13.1. The molecule has 0 saturated carbocycles. The lowest BCUT2D eigenvalue weighted by Gasteiger charge is -2.24. The third kappa shape index (κ3) is 2.34. The van der Waals surface area contributed by atoms with Crippen molar-refractivity contribution in [3.8, 4) is 0 Å². The number of piperidine rings is 1. The van der Waals surface area contributed by atoms with Crippen molar-refractivity contribution in [1.82, 2.24) is 5.32 Å². The molecule has 1 aromatic rings. The van der Waals surface area contributed by atoms with Crippen molar-refractivity contribution in [3.05, 3.63) is 34.1 Å². The van der Waals surface area contributed by atoms with Crippen LogP contribution in [0.25, 0.3) is 0 Å². The normalized spacial score (nSPS) is 22.3. The lowest BCUT2D eigenvalue weighted by Crippen LogP contribution is -2.26. The first kappa shape index (κ1) is 10.1. The topological polar surface area (TPSA) is 12.0 Å². The molecule has 3 heteroatoms. The van der Waals surface area contributed by atoms with E-state index < -0.39 is 0 Å². The van der Waals surface area contributed by atoms with Gasteiger partial charge in [-0.05, 0) is 43.1 Å². The van der Waals surface area contributed by atoms with Crippen LogP contribution in [0.4, 0.5) is 4.39 Å². The van der Waals surface area contributed by atoms with Crippen LogP contribution in [0, 0.1) is 5.82 Å². The van der Waals surface area contributed by atoms with E-state index in [2.05, 4.69) is 21.2 Å². The van der Waals surface area contributed by atoms with Crippen LogP contribution < -0.4 is 5.32 Å². The summed E-state index contributed by atoms with van der Waals surface area (Å²) in [5.74, 6) is -0.165. The van der Waals surface area contributed by atoms with Crippen molar-refractivity contribution in [1.29, 1.82) is 0 Å². The first-order valence-electron chi connectivity index (χ1n) is 4.95. The maximum atomic E-state index is 13.1. The van der Waals surface area contributed by atoms with Gasteiger partial charge in [-0.1, -0.05) is 22.4 Å². The summed E-state index contributed by atoms with van der Waals surface area (Å²) in [5, 5.41) is 3.40. The molecule has 0 aliphatic carbocycles. The number of halogens is 2. The third-order valence-corrected chi connectivity index (χ3v) is 3.06. The molecular formula is C11H13BrFN. The van der Waals surface area contributed by atoms with E-state index in [-0.39, 0.29) is 5.82 Å². The molecule has 0 bridgehead atoms. The number of benzene rings is 1. The van der Waals surface area contributed by atoms with E-state index in [1.54, 1.807) is 6.07 Å². The monoisotopic (exact) mass is 257 g/mol. The van der Waals surface area contributed by atoms with E-state index in [4.69, 9.17) is 0 Å². The highest BCUT2D eigenvalue weighted by Crippen LogP contribution is 2.26. The summed E-state index contributed by atoms with van der Waals surface area (Å²) in [7, 11) is 0. The van der Waals surface area contributed by atoms with Crippen molar-refractivity contribution < 1.29 is 4.39 Å². The Morgan fingerprint density at radius 3 is 2.79 bits per heavy atom. The van der Waals surface area contributed by atoms with Crippen LogP contribution in [-0.4, -0.2) is 6.54 Å². The predicted molar refractivity (Wildman–Crippen MR) is 58.7 cm³/mol. The fourth-order valence-electron chi connectivity index (χ4n) is 1.91. The first-order valence-corrected chi connectivity index (χ1v) is 5.74. The smallest absolute Gasteiger partial charge is 0.124 e. The Balaban J connectivity index is 2.21. The molecule has 1 saturated heterocycles. The summed E-state index contributed by atoms with van der Waals surface area (Å²) < 4.78 is 13.9. The molecule has 1 aliphatic rings. The molecule has 1 atom stereocenters. The van der Waals surface area contributed by atoms with Crippen molar-refractivity contribution in [2.24, 2.45) is 0 Å². The molecule has 14 heavy (non-hydrogen) atoms. The van der Waals surface area contributed by atoms with Crippen LogP contribution in [0.1, 0.15) is 30.9 Å². The third-order valence-electron chi connectivity index (χ3n) is 2.60. The average molecular weight is 258 g/mol. The van der Waals surface area contributed by atoms with Gasteiger partial charge < -0.3 is 5.32 Å². The SMILES string of the molecule is Fc1cc(Br)cc([C@@H]2CCCCN2)c1. The van der Waals surface area contributed by atoms with E-state index >= 15 is 0 Å². The largest absolute Gasteiger partial charge is 0.310 e. The Bertz CT molecular complexity index is 301. The second kappa shape index (κ2) is 4.41. The zero-order chi connectivity index (χ0) is 9.97. The van der Waals surface area contributed by atoms with Crippen molar-refractivity contribution in [2.75, 3.05) is 6.54 Å². The standard InChI is InChI=1S/C11H13BrFN/c12-9-5-8(6-10(13)7-9)11-3-1-2-4-14-11/h5-7,11,14H,1-4H2/t11-/m0/s1. The van der Waals surface area contributed by atoms with Gasteiger partial charge in [-0.15, -0.1) is 0 Å². The number of rotatable bonds is 1. The van der Waals surface area contributed by atoms with Gasteiger partial charge >= 0.3 is 0 Å². The van der Waals surface area contributed by atoms with Gasteiger partial charge in [0, 0.05) is 10.5 Å². The van der Waals surface area contributed by atoms with Crippen LogP contribution in [0.15, 0.2) is 22.7 Å². The zero-order valence-electron chi connectivity index (χ0n) is 7.89. The molecule has 0 spiro atoms. The van der Waals surface area contributed by atoms with Crippen LogP contribution in [0.2, 0.25) is 0 Å². The summed E-state index contributed by atoms with van der Waals surface area (Å²) in [6.45, 7) is 1.04. The predicted octanol–water partition coefficient (Wildman–Crippen LogP) is 3.40. The summed E-state index contributed by atoms with van der Waals surface area (Å²) in [6, 6.07) is 5.43. The minimum absolute atomic E-state index is 0.165. The fraction of sp³-hybridized carbons (Fsp3) is 0.455. The van der Waals surface area contributed by atoms with Crippen molar-refractivity contribution >= 4 is 15.9 Å². The Labute approximate surface area is 91.8 Å². The van der Waals surface area contributed by atoms with E-state index in [9.17, 15) is 4.39 Å². The number of hydrogen-bond donors (Lipinski definition) is 1. The van der Waals surface area contributed by atoms with Gasteiger partial charge in [0.25, 0.3) is 0 Å². The van der Waals surface area contributed by atoms with Crippen LogP contribution in [0.3, 0.4) is 0 Å². The highest BCUT2D eigenvalue weighted by atomic mass is 79.9. The molecule has 0 radical (unpaired) electrons. The lowest BCUT2D eigenvalue weighted by atomic mass is 9.98. The average Bonchev–Trinajstić information content (AvgIpc) is 2.18. The van der Waals surface area contributed by atoms with E-state index in [0.717, 1.165) is 23.0 Å². The lowest BCUT2D eigenvalue weighted by molar-refractivity contribution is 0.411. The molecular weight excluding hydrogens is 245 g/mol. The van der Waals surface area contributed by atoms with E-state index in [1.807, 2.05) is 6.07 Å². The molecule has 0 aromatic heterocycles. The maximum Gasteiger partial charge on any atom is 0.124 e. The molecule has 0 unspecified atom stereocenters. The zero-order valence-corrected chi connectivity index (χ0v) is 9.48. The van der Waals surface area contributed by atoms with Crippen molar-refractivity contribution in [3.63, 3.8) is 0 Å². The summed E-state index contributed by atoms with van der Waals surface area (Å²) >= 11 is 3.31. The Morgan fingerprint density at radius 1 is 1.29 bits per heavy atom.